The van der Waals surface area contributed by atoms with Crippen molar-refractivity contribution < 1.29 is 22.7 Å². The highest BCUT2D eigenvalue weighted by Gasteiger charge is 2.27. The first kappa shape index (κ1) is 24.9. The van der Waals surface area contributed by atoms with E-state index >= 15 is 4.39 Å². The molecule has 2 aromatic carbocycles. The summed E-state index contributed by atoms with van der Waals surface area (Å²) in [6.07, 6.45) is 0.428. The van der Waals surface area contributed by atoms with E-state index in [-0.39, 0.29) is 28.7 Å². The molecule has 186 valence electrons. The smallest absolute Gasteiger partial charge is 0.276 e. The number of hydrogen-bond donors (Lipinski definition) is 2. The lowest BCUT2D eigenvalue weighted by atomic mass is 9.97. The molecule has 0 unspecified atom stereocenters. The molecule has 35 heavy (non-hydrogen) atoms. The first-order valence-corrected chi connectivity index (χ1v) is 11.6. The standard InChI is InChI=1S/C24H25ClF3N5O2/c25-16-4-1-5-17(11-16)35-20-7-6-18(23(22(20)28)32-9-2-3-15(12-29)13-32)30-24(34)19-8-10-33(31-19)14-21(26)27/h1,4-8,10-11,15,21H,2-3,9,12-14,29H2,(H,30,34)/t15-/m0/s1. The maximum Gasteiger partial charge on any atom is 0.276 e. The van der Waals surface area contributed by atoms with E-state index in [0.29, 0.717) is 30.4 Å². The molecular weight excluding hydrogens is 483 g/mol. The second kappa shape index (κ2) is 11.0. The quantitative estimate of drug-likeness (QED) is 0.440. The van der Waals surface area contributed by atoms with Crippen LogP contribution < -0.4 is 20.7 Å². The fraction of sp³-hybridized carbons (Fsp3) is 0.333. The Balaban J connectivity index is 1.65. The predicted octanol–water partition coefficient (Wildman–Crippen LogP) is 5.16. The number of amides is 1. The summed E-state index contributed by atoms with van der Waals surface area (Å²) in [5.41, 5.74) is 6.19. The van der Waals surface area contributed by atoms with Gasteiger partial charge in [-0.25, -0.2) is 13.2 Å². The van der Waals surface area contributed by atoms with Crippen molar-refractivity contribution in [2.45, 2.75) is 25.8 Å². The molecule has 1 atom stereocenters. The zero-order chi connectivity index (χ0) is 24.9. The van der Waals surface area contributed by atoms with Crippen LogP contribution in [0.4, 0.5) is 24.5 Å². The van der Waals surface area contributed by atoms with Crippen LogP contribution in [0.5, 0.6) is 11.5 Å². The monoisotopic (exact) mass is 507 g/mol. The topological polar surface area (TPSA) is 85.4 Å². The van der Waals surface area contributed by atoms with Crippen molar-refractivity contribution >= 4 is 28.9 Å². The van der Waals surface area contributed by atoms with Gasteiger partial charge in [0.05, 0.1) is 5.69 Å². The van der Waals surface area contributed by atoms with Crippen LogP contribution >= 0.6 is 11.6 Å². The van der Waals surface area contributed by atoms with Gasteiger partial charge in [0.2, 0.25) is 0 Å². The van der Waals surface area contributed by atoms with Crippen LogP contribution in [0.15, 0.2) is 48.7 Å². The number of alkyl halides is 2. The van der Waals surface area contributed by atoms with Crippen molar-refractivity contribution in [1.29, 1.82) is 0 Å². The SMILES string of the molecule is NC[C@@H]1CCCN(c2c(NC(=O)c3ccn(CC(F)F)n3)ccc(Oc3cccc(Cl)c3)c2F)C1. The third kappa shape index (κ3) is 6.07. The molecule has 11 heteroatoms. The van der Waals surface area contributed by atoms with Crippen molar-refractivity contribution in [1.82, 2.24) is 9.78 Å². The zero-order valence-electron chi connectivity index (χ0n) is 18.8. The summed E-state index contributed by atoms with van der Waals surface area (Å²) in [7, 11) is 0. The molecule has 1 aromatic heterocycles. The van der Waals surface area contributed by atoms with Crippen molar-refractivity contribution in [2.75, 3.05) is 29.9 Å². The highest BCUT2D eigenvalue weighted by molar-refractivity contribution is 6.30. The Bertz CT molecular complexity index is 1190. The van der Waals surface area contributed by atoms with Gasteiger partial charge in [-0.2, -0.15) is 5.10 Å². The van der Waals surface area contributed by atoms with Gasteiger partial charge in [-0.1, -0.05) is 17.7 Å². The largest absolute Gasteiger partial charge is 0.454 e. The molecule has 0 radical (unpaired) electrons. The molecule has 1 amide bonds. The van der Waals surface area contributed by atoms with Gasteiger partial charge in [0.25, 0.3) is 12.3 Å². The van der Waals surface area contributed by atoms with E-state index in [2.05, 4.69) is 10.4 Å². The molecule has 0 aliphatic carbocycles. The van der Waals surface area contributed by atoms with E-state index in [0.717, 1.165) is 17.5 Å². The van der Waals surface area contributed by atoms with Crippen molar-refractivity contribution in [3.8, 4) is 11.5 Å². The van der Waals surface area contributed by atoms with Gasteiger partial charge < -0.3 is 20.7 Å². The summed E-state index contributed by atoms with van der Waals surface area (Å²) in [5.74, 6) is -0.786. The molecule has 1 saturated heterocycles. The number of hydrogen-bond acceptors (Lipinski definition) is 5. The van der Waals surface area contributed by atoms with Gasteiger partial charge in [0.15, 0.2) is 17.3 Å². The maximum atomic E-state index is 15.8. The van der Waals surface area contributed by atoms with Gasteiger partial charge in [-0.15, -0.1) is 0 Å². The Morgan fingerprint density at radius 1 is 1.29 bits per heavy atom. The predicted molar refractivity (Wildman–Crippen MR) is 128 cm³/mol. The Morgan fingerprint density at radius 3 is 2.86 bits per heavy atom. The van der Waals surface area contributed by atoms with E-state index in [1.807, 2.05) is 4.90 Å². The number of aromatic nitrogens is 2. The molecule has 3 N–H and O–H groups in total. The number of nitrogens with one attached hydrogen (secondary N) is 1. The fourth-order valence-corrected chi connectivity index (χ4v) is 4.25. The minimum absolute atomic E-state index is 0.0312. The van der Waals surface area contributed by atoms with Crippen molar-refractivity contribution in [2.24, 2.45) is 11.7 Å². The van der Waals surface area contributed by atoms with E-state index < -0.39 is 24.7 Å². The highest BCUT2D eigenvalue weighted by atomic mass is 35.5. The number of carbonyl (C=O) groups is 1. The van der Waals surface area contributed by atoms with Crippen LogP contribution in [0, 0.1) is 11.7 Å². The molecule has 7 nitrogen and oxygen atoms in total. The van der Waals surface area contributed by atoms with E-state index in [9.17, 15) is 13.6 Å². The van der Waals surface area contributed by atoms with Crippen LogP contribution in [0.25, 0.3) is 0 Å². The van der Waals surface area contributed by atoms with Crippen LogP contribution in [0.2, 0.25) is 5.02 Å². The van der Waals surface area contributed by atoms with Crippen LogP contribution in [-0.4, -0.2) is 41.7 Å². The Hall–Kier alpha value is -3.24. The Labute approximate surface area is 205 Å². The summed E-state index contributed by atoms with van der Waals surface area (Å²) in [4.78, 5) is 14.7. The minimum atomic E-state index is -2.60. The second-order valence-electron chi connectivity index (χ2n) is 8.29. The van der Waals surface area contributed by atoms with Crippen LogP contribution in [0.1, 0.15) is 23.3 Å². The van der Waals surface area contributed by atoms with Gasteiger partial charge in [0.1, 0.15) is 18.0 Å². The number of benzene rings is 2. The second-order valence-corrected chi connectivity index (χ2v) is 8.73. The number of nitrogens with two attached hydrogens (primary N) is 1. The highest BCUT2D eigenvalue weighted by Crippen LogP contribution is 2.39. The van der Waals surface area contributed by atoms with Crippen molar-refractivity contribution in [3.05, 3.63) is 65.2 Å². The molecule has 4 rings (SSSR count). The summed E-state index contributed by atoms with van der Waals surface area (Å²) in [5, 5.41) is 7.00. The summed E-state index contributed by atoms with van der Waals surface area (Å²) in [6, 6.07) is 10.9. The van der Waals surface area contributed by atoms with E-state index in [1.165, 1.54) is 18.3 Å². The molecule has 2 heterocycles. The van der Waals surface area contributed by atoms with E-state index in [1.54, 1.807) is 30.3 Å². The first-order valence-electron chi connectivity index (χ1n) is 11.2. The first-order chi connectivity index (χ1) is 16.8. The average molecular weight is 508 g/mol. The number of halogens is 4. The van der Waals surface area contributed by atoms with Gasteiger partial charge in [-0.3, -0.25) is 9.48 Å². The molecule has 1 fully saturated rings. The van der Waals surface area contributed by atoms with Crippen LogP contribution in [-0.2, 0) is 6.54 Å². The number of ether oxygens (including phenoxy) is 1. The summed E-state index contributed by atoms with van der Waals surface area (Å²) < 4.78 is 47.8. The minimum Gasteiger partial charge on any atom is -0.454 e. The average Bonchev–Trinajstić information content (AvgIpc) is 3.29. The number of piperidine rings is 1. The Morgan fingerprint density at radius 2 is 2.11 bits per heavy atom. The molecular formula is C24H25ClF3N5O2. The lowest BCUT2D eigenvalue weighted by Gasteiger charge is -2.35. The fourth-order valence-electron chi connectivity index (χ4n) is 4.07. The van der Waals surface area contributed by atoms with Crippen molar-refractivity contribution in [3.63, 3.8) is 0 Å². The number of anilines is 2. The summed E-state index contributed by atoms with van der Waals surface area (Å²) in [6.45, 7) is 0.914. The molecule has 0 bridgehead atoms. The third-order valence-corrected chi connectivity index (χ3v) is 5.95. The molecule has 1 aliphatic heterocycles. The number of nitrogens with zero attached hydrogens (tertiary/aromatic N) is 3. The normalized spacial score (nSPS) is 15.9. The molecule has 1 aliphatic rings. The lowest BCUT2D eigenvalue weighted by Crippen LogP contribution is -2.39. The maximum absolute atomic E-state index is 15.8. The lowest BCUT2D eigenvalue weighted by molar-refractivity contribution is 0.101. The zero-order valence-corrected chi connectivity index (χ0v) is 19.5. The number of rotatable bonds is 8. The number of carbonyl (C=O) groups excluding carboxylic acids is 1. The van der Waals surface area contributed by atoms with E-state index in [4.69, 9.17) is 22.1 Å². The molecule has 0 spiro atoms. The summed E-state index contributed by atoms with van der Waals surface area (Å²) >= 11 is 6.02. The molecule has 3 aromatic rings. The van der Waals surface area contributed by atoms with Gasteiger partial charge >= 0.3 is 0 Å². The van der Waals surface area contributed by atoms with Gasteiger partial charge in [0, 0.05) is 24.3 Å². The third-order valence-electron chi connectivity index (χ3n) is 5.72. The molecule has 0 saturated carbocycles. The Kier molecular flexibility index (Phi) is 7.82. The van der Waals surface area contributed by atoms with Crippen LogP contribution in [0.3, 0.4) is 0 Å². The van der Waals surface area contributed by atoms with Gasteiger partial charge in [-0.05, 0) is 61.7 Å².